The van der Waals surface area contributed by atoms with E-state index in [1.807, 2.05) is 6.07 Å². The second kappa shape index (κ2) is 4.66. The summed E-state index contributed by atoms with van der Waals surface area (Å²) in [7, 11) is 0. The van der Waals surface area contributed by atoms with Crippen LogP contribution in [0.2, 0.25) is 10.0 Å². The molecule has 2 aromatic rings. The maximum absolute atomic E-state index is 6.07. The van der Waals surface area contributed by atoms with Crippen molar-refractivity contribution in [1.82, 2.24) is 0 Å². The first-order valence-corrected chi connectivity index (χ1v) is 6.01. The second-order valence-electron chi connectivity index (χ2n) is 3.84. The summed E-state index contributed by atoms with van der Waals surface area (Å²) < 4.78 is 5.65. The zero-order valence-electron chi connectivity index (χ0n) is 8.97. The van der Waals surface area contributed by atoms with Crippen LogP contribution in [-0.4, -0.2) is 0 Å². The topological polar surface area (TPSA) is 39.2 Å². The van der Waals surface area contributed by atoms with Crippen molar-refractivity contribution < 1.29 is 4.42 Å². The van der Waals surface area contributed by atoms with Gasteiger partial charge in [0.25, 0.3) is 0 Å². The maximum atomic E-state index is 6.07. The van der Waals surface area contributed by atoms with Gasteiger partial charge in [0.2, 0.25) is 0 Å². The molecule has 1 unspecified atom stereocenters. The van der Waals surface area contributed by atoms with Gasteiger partial charge in [-0.2, -0.15) is 0 Å². The molecular weight excluding hydrogens is 245 g/mol. The standard InChI is InChI=1S/C12H13Cl2NO/c1-2-3-10(15)12-6-8-9(14)4-7(13)5-11(8)16-12/h4-6,10H,2-3,15H2,1H3. The molecule has 0 spiro atoms. The molecule has 0 aliphatic carbocycles. The number of nitrogens with two attached hydrogens (primary N) is 1. The van der Waals surface area contributed by atoms with E-state index < -0.39 is 0 Å². The van der Waals surface area contributed by atoms with Gasteiger partial charge >= 0.3 is 0 Å². The molecule has 0 radical (unpaired) electrons. The highest BCUT2D eigenvalue weighted by molar-refractivity contribution is 6.38. The van der Waals surface area contributed by atoms with Crippen LogP contribution in [0.25, 0.3) is 11.0 Å². The van der Waals surface area contributed by atoms with Gasteiger partial charge in [-0.3, -0.25) is 0 Å². The molecule has 0 bridgehead atoms. The first kappa shape index (κ1) is 11.8. The Hall–Kier alpha value is -0.700. The van der Waals surface area contributed by atoms with Crippen molar-refractivity contribution in [3.63, 3.8) is 0 Å². The summed E-state index contributed by atoms with van der Waals surface area (Å²) in [6.45, 7) is 2.09. The Balaban J connectivity index is 2.47. The number of rotatable bonds is 3. The number of furan rings is 1. The molecular formula is C12H13Cl2NO. The Bertz CT molecular complexity index is 507. The zero-order chi connectivity index (χ0) is 11.7. The van der Waals surface area contributed by atoms with E-state index in [1.165, 1.54) is 0 Å². The van der Waals surface area contributed by atoms with Gasteiger partial charge < -0.3 is 10.2 Å². The summed E-state index contributed by atoms with van der Waals surface area (Å²) in [5.41, 5.74) is 6.68. The Morgan fingerprint density at radius 2 is 2.06 bits per heavy atom. The fourth-order valence-electron chi connectivity index (χ4n) is 1.72. The molecule has 2 N–H and O–H groups in total. The summed E-state index contributed by atoms with van der Waals surface area (Å²) in [5, 5.41) is 2.04. The molecule has 1 aromatic carbocycles. The van der Waals surface area contributed by atoms with Crippen LogP contribution in [0.15, 0.2) is 22.6 Å². The quantitative estimate of drug-likeness (QED) is 0.877. The maximum Gasteiger partial charge on any atom is 0.137 e. The Morgan fingerprint density at radius 3 is 2.75 bits per heavy atom. The molecule has 0 fully saturated rings. The lowest BCUT2D eigenvalue weighted by Gasteiger charge is -2.04. The minimum Gasteiger partial charge on any atom is -0.459 e. The van der Waals surface area contributed by atoms with Gasteiger partial charge in [0, 0.05) is 16.5 Å². The van der Waals surface area contributed by atoms with Gasteiger partial charge in [-0.1, -0.05) is 36.5 Å². The average molecular weight is 258 g/mol. The second-order valence-corrected chi connectivity index (χ2v) is 4.69. The summed E-state index contributed by atoms with van der Waals surface area (Å²) in [4.78, 5) is 0. The van der Waals surface area contributed by atoms with E-state index in [-0.39, 0.29) is 6.04 Å². The Morgan fingerprint density at radius 1 is 1.31 bits per heavy atom. The first-order valence-electron chi connectivity index (χ1n) is 5.26. The monoisotopic (exact) mass is 257 g/mol. The van der Waals surface area contributed by atoms with Crippen LogP contribution < -0.4 is 5.73 Å². The van der Waals surface area contributed by atoms with E-state index in [9.17, 15) is 0 Å². The van der Waals surface area contributed by atoms with Crippen molar-refractivity contribution in [2.45, 2.75) is 25.8 Å². The van der Waals surface area contributed by atoms with Crippen LogP contribution in [0.5, 0.6) is 0 Å². The molecule has 0 saturated carbocycles. The highest BCUT2D eigenvalue weighted by Crippen LogP contribution is 2.32. The van der Waals surface area contributed by atoms with Crippen molar-refractivity contribution in [2.24, 2.45) is 5.73 Å². The molecule has 0 aliphatic heterocycles. The molecule has 1 aromatic heterocycles. The first-order chi connectivity index (χ1) is 7.61. The minimum atomic E-state index is -0.0766. The van der Waals surface area contributed by atoms with E-state index in [2.05, 4.69) is 6.92 Å². The van der Waals surface area contributed by atoms with Crippen LogP contribution in [0.1, 0.15) is 31.6 Å². The van der Waals surface area contributed by atoms with Gasteiger partial charge in [0.15, 0.2) is 0 Å². The van der Waals surface area contributed by atoms with E-state index in [0.717, 1.165) is 24.0 Å². The lowest BCUT2D eigenvalue weighted by Crippen LogP contribution is -2.08. The molecule has 1 atom stereocenters. The van der Waals surface area contributed by atoms with Crippen LogP contribution >= 0.6 is 23.2 Å². The number of halogens is 2. The summed E-state index contributed by atoms with van der Waals surface area (Å²) in [5.74, 6) is 0.765. The van der Waals surface area contributed by atoms with Crippen LogP contribution in [0.4, 0.5) is 0 Å². The third-order valence-electron chi connectivity index (χ3n) is 2.54. The minimum absolute atomic E-state index is 0.0766. The fourth-order valence-corrected chi connectivity index (χ4v) is 2.25. The van der Waals surface area contributed by atoms with Crippen molar-refractivity contribution in [1.29, 1.82) is 0 Å². The Kier molecular flexibility index (Phi) is 3.43. The lowest BCUT2D eigenvalue weighted by molar-refractivity contribution is 0.475. The molecule has 2 nitrogen and oxygen atoms in total. The van der Waals surface area contributed by atoms with Gasteiger partial charge in [-0.05, 0) is 18.6 Å². The predicted molar refractivity (Wildman–Crippen MR) is 68.1 cm³/mol. The molecule has 1 heterocycles. The third-order valence-corrected chi connectivity index (χ3v) is 3.07. The fraction of sp³-hybridized carbons (Fsp3) is 0.333. The number of fused-ring (bicyclic) bond motifs is 1. The summed E-state index contributed by atoms with van der Waals surface area (Å²) in [6.07, 6.45) is 1.91. The van der Waals surface area contributed by atoms with Crippen molar-refractivity contribution in [3.05, 3.63) is 34.0 Å². The number of benzene rings is 1. The molecule has 86 valence electrons. The summed E-state index contributed by atoms with van der Waals surface area (Å²) in [6, 6.07) is 5.28. The van der Waals surface area contributed by atoms with E-state index in [4.69, 9.17) is 33.4 Å². The highest BCUT2D eigenvalue weighted by Gasteiger charge is 2.13. The van der Waals surface area contributed by atoms with Crippen LogP contribution in [0, 0.1) is 0 Å². The van der Waals surface area contributed by atoms with Gasteiger partial charge in [0.05, 0.1) is 11.1 Å². The van der Waals surface area contributed by atoms with Crippen molar-refractivity contribution in [3.8, 4) is 0 Å². The molecule has 0 aliphatic rings. The zero-order valence-corrected chi connectivity index (χ0v) is 10.5. The van der Waals surface area contributed by atoms with E-state index in [1.54, 1.807) is 12.1 Å². The smallest absolute Gasteiger partial charge is 0.137 e. The molecule has 4 heteroatoms. The average Bonchev–Trinajstić information content (AvgIpc) is 2.62. The van der Waals surface area contributed by atoms with Crippen LogP contribution in [0.3, 0.4) is 0 Å². The van der Waals surface area contributed by atoms with Gasteiger partial charge in [-0.15, -0.1) is 0 Å². The molecule has 0 amide bonds. The summed E-state index contributed by atoms with van der Waals surface area (Å²) >= 11 is 12.0. The normalized spacial score (nSPS) is 13.2. The Labute approximate surface area is 104 Å². The van der Waals surface area contributed by atoms with E-state index in [0.29, 0.717) is 15.6 Å². The number of hydrogen-bond donors (Lipinski definition) is 1. The van der Waals surface area contributed by atoms with E-state index >= 15 is 0 Å². The molecule has 0 saturated heterocycles. The van der Waals surface area contributed by atoms with Gasteiger partial charge in [0.1, 0.15) is 11.3 Å². The third kappa shape index (κ3) is 2.19. The van der Waals surface area contributed by atoms with Crippen LogP contribution in [-0.2, 0) is 0 Å². The predicted octanol–water partition coefficient (Wildman–Crippen LogP) is 4.54. The lowest BCUT2D eigenvalue weighted by atomic mass is 10.1. The largest absolute Gasteiger partial charge is 0.459 e. The van der Waals surface area contributed by atoms with Gasteiger partial charge in [-0.25, -0.2) is 0 Å². The highest BCUT2D eigenvalue weighted by atomic mass is 35.5. The molecule has 2 rings (SSSR count). The van der Waals surface area contributed by atoms with Crippen molar-refractivity contribution in [2.75, 3.05) is 0 Å². The van der Waals surface area contributed by atoms with Crippen molar-refractivity contribution >= 4 is 34.2 Å². The SMILES string of the molecule is CCCC(N)c1cc2c(Cl)cc(Cl)cc2o1. The number of hydrogen-bond acceptors (Lipinski definition) is 2. The molecule has 16 heavy (non-hydrogen) atoms.